The molecule has 1 atom stereocenters. The van der Waals surface area contributed by atoms with Crippen molar-refractivity contribution in [2.75, 3.05) is 20.8 Å². The van der Waals surface area contributed by atoms with E-state index in [1.54, 1.807) is 19.1 Å². The number of amides is 2. The Morgan fingerprint density at radius 1 is 1.07 bits per heavy atom. The number of nitrogens with one attached hydrogen (secondary N) is 1. The molecule has 1 unspecified atom stereocenters. The standard InChI is InChI=1S/C24H28N2O4/c1-29-20-12-11-16(15-21(20)30-2)13-14-26-22(23(27)25-17-7-3-4-8-17)18-9-5-6-10-19(18)24(26)28/h5-6,9-12,15,17,22H,3-4,7-8,13-14H2,1-2H3,(H,25,27). The maximum atomic E-state index is 13.2. The van der Waals surface area contributed by atoms with Gasteiger partial charge in [0, 0.05) is 18.2 Å². The Bertz CT molecular complexity index is 937. The van der Waals surface area contributed by atoms with Crippen LogP contribution in [0.3, 0.4) is 0 Å². The fourth-order valence-corrected chi connectivity index (χ4v) is 4.52. The zero-order valence-corrected chi connectivity index (χ0v) is 17.5. The molecule has 1 aliphatic carbocycles. The van der Waals surface area contributed by atoms with Gasteiger partial charge in [0.15, 0.2) is 11.5 Å². The molecule has 2 aliphatic rings. The number of carbonyl (C=O) groups is 2. The van der Waals surface area contributed by atoms with E-state index in [0.29, 0.717) is 30.0 Å². The second-order valence-electron chi connectivity index (χ2n) is 7.92. The summed E-state index contributed by atoms with van der Waals surface area (Å²) in [6.45, 7) is 0.450. The third-order valence-corrected chi connectivity index (χ3v) is 6.10. The number of hydrogen-bond donors (Lipinski definition) is 1. The molecule has 2 aromatic carbocycles. The first kappa shape index (κ1) is 20.3. The first-order chi connectivity index (χ1) is 14.6. The normalized spacial score (nSPS) is 18.4. The molecule has 0 aromatic heterocycles. The van der Waals surface area contributed by atoms with Crippen molar-refractivity contribution in [2.24, 2.45) is 0 Å². The van der Waals surface area contributed by atoms with Crippen molar-refractivity contribution in [1.29, 1.82) is 0 Å². The number of hydrogen-bond acceptors (Lipinski definition) is 4. The molecule has 1 N–H and O–H groups in total. The second-order valence-corrected chi connectivity index (χ2v) is 7.92. The molecule has 1 heterocycles. The van der Waals surface area contributed by atoms with Crippen LogP contribution in [0.4, 0.5) is 0 Å². The van der Waals surface area contributed by atoms with E-state index < -0.39 is 6.04 Å². The van der Waals surface area contributed by atoms with E-state index in [1.165, 1.54) is 0 Å². The number of rotatable bonds is 7. The van der Waals surface area contributed by atoms with Crippen LogP contribution in [0.15, 0.2) is 42.5 Å². The lowest BCUT2D eigenvalue weighted by molar-refractivity contribution is -0.126. The molecule has 0 bridgehead atoms. The second kappa shape index (κ2) is 8.78. The summed E-state index contributed by atoms with van der Waals surface area (Å²) in [7, 11) is 3.21. The Morgan fingerprint density at radius 2 is 1.80 bits per heavy atom. The molecule has 2 aromatic rings. The maximum Gasteiger partial charge on any atom is 0.255 e. The van der Waals surface area contributed by atoms with E-state index in [-0.39, 0.29) is 17.9 Å². The third-order valence-electron chi connectivity index (χ3n) is 6.10. The predicted octanol–water partition coefficient (Wildman–Crippen LogP) is 3.50. The number of benzene rings is 2. The lowest BCUT2D eigenvalue weighted by Gasteiger charge is -2.26. The van der Waals surface area contributed by atoms with Gasteiger partial charge in [0.25, 0.3) is 5.91 Å². The van der Waals surface area contributed by atoms with E-state index in [1.807, 2.05) is 42.5 Å². The number of nitrogens with zero attached hydrogens (tertiary/aromatic N) is 1. The summed E-state index contributed by atoms with van der Waals surface area (Å²) in [5.41, 5.74) is 2.44. The van der Waals surface area contributed by atoms with E-state index in [2.05, 4.69) is 5.32 Å². The molecule has 30 heavy (non-hydrogen) atoms. The van der Waals surface area contributed by atoms with Crippen LogP contribution in [-0.2, 0) is 11.2 Å². The van der Waals surface area contributed by atoms with Gasteiger partial charge in [-0.05, 0) is 48.6 Å². The molecule has 1 aliphatic heterocycles. The average Bonchev–Trinajstić information content (AvgIpc) is 3.38. The van der Waals surface area contributed by atoms with Gasteiger partial charge in [-0.15, -0.1) is 0 Å². The van der Waals surface area contributed by atoms with Gasteiger partial charge >= 0.3 is 0 Å². The zero-order valence-electron chi connectivity index (χ0n) is 17.5. The Kier molecular flexibility index (Phi) is 5.93. The highest BCUT2D eigenvalue weighted by Crippen LogP contribution is 2.35. The molecule has 6 heteroatoms. The van der Waals surface area contributed by atoms with Gasteiger partial charge in [-0.3, -0.25) is 9.59 Å². The van der Waals surface area contributed by atoms with Crippen molar-refractivity contribution in [3.8, 4) is 11.5 Å². The fraction of sp³-hybridized carbons (Fsp3) is 0.417. The van der Waals surface area contributed by atoms with Gasteiger partial charge in [-0.1, -0.05) is 37.1 Å². The minimum absolute atomic E-state index is 0.0764. The maximum absolute atomic E-state index is 13.2. The summed E-state index contributed by atoms with van der Waals surface area (Å²) in [6.07, 6.45) is 4.94. The minimum Gasteiger partial charge on any atom is -0.493 e. The van der Waals surface area contributed by atoms with Crippen molar-refractivity contribution >= 4 is 11.8 Å². The van der Waals surface area contributed by atoms with Crippen LogP contribution in [0.1, 0.15) is 53.2 Å². The largest absolute Gasteiger partial charge is 0.493 e. The van der Waals surface area contributed by atoms with E-state index in [9.17, 15) is 9.59 Å². The Balaban J connectivity index is 1.54. The van der Waals surface area contributed by atoms with Gasteiger partial charge < -0.3 is 19.7 Å². The third kappa shape index (κ3) is 3.86. The van der Waals surface area contributed by atoms with Crippen molar-refractivity contribution in [3.63, 3.8) is 0 Å². The molecule has 1 saturated carbocycles. The summed E-state index contributed by atoms with van der Waals surface area (Å²) in [5, 5.41) is 3.17. The topological polar surface area (TPSA) is 67.9 Å². The minimum atomic E-state index is -0.575. The van der Waals surface area contributed by atoms with Crippen LogP contribution in [0.25, 0.3) is 0 Å². The molecular weight excluding hydrogens is 380 g/mol. The number of ether oxygens (including phenoxy) is 2. The lowest BCUT2D eigenvalue weighted by atomic mass is 10.0. The van der Waals surface area contributed by atoms with E-state index in [4.69, 9.17) is 9.47 Å². The number of carbonyl (C=O) groups excluding carboxylic acids is 2. The van der Waals surface area contributed by atoms with Gasteiger partial charge in [0.2, 0.25) is 5.91 Å². The molecule has 6 nitrogen and oxygen atoms in total. The van der Waals surface area contributed by atoms with E-state index in [0.717, 1.165) is 36.8 Å². The molecule has 2 amide bonds. The highest BCUT2D eigenvalue weighted by molar-refractivity contribution is 6.04. The molecule has 1 fully saturated rings. The summed E-state index contributed by atoms with van der Waals surface area (Å²) >= 11 is 0. The van der Waals surface area contributed by atoms with Crippen LogP contribution < -0.4 is 14.8 Å². The summed E-state index contributed by atoms with van der Waals surface area (Å²) in [5.74, 6) is 1.16. The van der Waals surface area contributed by atoms with Crippen molar-refractivity contribution < 1.29 is 19.1 Å². The van der Waals surface area contributed by atoms with Crippen LogP contribution in [0.2, 0.25) is 0 Å². The molecule has 0 saturated heterocycles. The van der Waals surface area contributed by atoms with Gasteiger partial charge in [-0.25, -0.2) is 0 Å². The van der Waals surface area contributed by atoms with Gasteiger partial charge in [0.05, 0.1) is 14.2 Å². The molecule has 4 rings (SSSR count). The average molecular weight is 408 g/mol. The Labute approximate surface area is 177 Å². The SMILES string of the molecule is COc1ccc(CCN2C(=O)c3ccccc3C2C(=O)NC2CCCC2)cc1OC. The first-order valence-corrected chi connectivity index (χ1v) is 10.5. The van der Waals surface area contributed by atoms with Crippen LogP contribution in [0, 0.1) is 0 Å². The highest BCUT2D eigenvalue weighted by Gasteiger charge is 2.41. The fourth-order valence-electron chi connectivity index (χ4n) is 4.52. The Morgan fingerprint density at radius 3 is 2.53 bits per heavy atom. The van der Waals surface area contributed by atoms with Crippen LogP contribution in [-0.4, -0.2) is 43.5 Å². The number of fused-ring (bicyclic) bond motifs is 1. The molecule has 0 radical (unpaired) electrons. The van der Waals surface area contributed by atoms with Crippen molar-refractivity contribution in [1.82, 2.24) is 10.2 Å². The molecule has 0 spiro atoms. The van der Waals surface area contributed by atoms with E-state index >= 15 is 0 Å². The number of methoxy groups -OCH3 is 2. The van der Waals surface area contributed by atoms with Gasteiger partial charge in [-0.2, -0.15) is 0 Å². The summed E-state index contributed by atoms with van der Waals surface area (Å²) in [4.78, 5) is 28.0. The van der Waals surface area contributed by atoms with Gasteiger partial charge in [0.1, 0.15) is 6.04 Å². The lowest BCUT2D eigenvalue weighted by Crippen LogP contribution is -2.43. The summed E-state index contributed by atoms with van der Waals surface area (Å²) in [6, 6.07) is 12.8. The smallest absolute Gasteiger partial charge is 0.255 e. The summed E-state index contributed by atoms with van der Waals surface area (Å²) < 4.78 is 10.7. The van der Waals surface area contributed by atoms with Crippen LogP contribution >= 0.6 is 0 Å². The molecular formula is C24H28N2O4. The Hall–Kier alpha value is -3.02. The predicted molar refractivity (Wildman–Crippen MR) is 114 cm³/mol. The zero-order chi connectivity index (χ0) is 21.1. The first-order valence-electron chi connectivity index (χ1n) is 10.5. The monoisotopic (exact) mass is 408 g/mol. The highest BCUT2D eigenvalue weighted by atomic mass is 16.5. The van der Waals surface area contributed by atoms with Crippen LogP contribution in [0.5, 0.6) is 11.5 Å². The quantitative estimate of drug-likeness (QED) is 0.761. The molecule has 158 valence electrons. The van der Waals surface area contributed by atoms with Crippen molar-refractivity contribution in [2.45, 2.75) is 44.2 Å². The van der Waals surface area contributed by atoms with Crippen molar-refractivity contribution in [3.05, 3.63) is 59.2 Å².